The lowest BCUT2D eigenvalue weighted by atomic mass is 10.1. The third-order valence-electron chi connectivity index (χ3n) is 2.89. The minimum Gasteiger partial charge on any atom is -0.478 e. The van der Waals surface area contributed by atoms with E-state index in [1.54, 1.807) is 13.8 Å². The van der Waals surface area contributed by atoms with Crippen LogP contribution in [0.5, 0.6) is 0 Å². The monoisotopic (exact) mass is 295 g/mol. The third-order valence-corrected chi connectivity index (χ3v) is 2.89. The molecule has 0 atom stereocenters. The van der Waals surface area contributed by atoms with Gasteiger partial charge in [-0.2, -0.15) is 5.26 Å². The first-order valence-corrected chi connectivity index (χ1v) is 6.14. The first-order chi connectivity index (χ1) is 9.79. The molecule has 0 saturated carbocycles. The van der Waals surface area contributed by atoms with Crippen molar-refractivity contribution in [2.24, 2.45) is 0 Å². The van der Waals surface area contributed by atoms with Crippen molar-refractivity contribution in [3.05, 3.63) is 33.6 Å². The van der Waals surface area contributed by atoms with E-state index in [0.29, 0.717) is 6.07 Å². The summed E-state index contributed by atoms with van der Waals surface area (Å²) in [4.78, 5) is 22.7. The van der Waals surface area contributed by atoms with Crippen LogP contribution in [0.25, 0.3) is 0 Å². The van der Waals surface area contributed by atoms with Gasteiger partial charge in [0.25, 0.3) is 5.69 Å². The number of nitrogens with zero attached hydrogens (tertiary/aromatic N) is 3. The van der Waals surface area contributed by atoms with Crippen LogP contribution >= 0.6 is 0 Å². The largest absolute Gasteiger partial charge is 0.478 e. The van der Waals surface area contributed by atoms with Crippen LogP contribution in [0.3, 0.4) is 0 Å². The smallest absolute Gasteiger partial charge is 0.338 e. The van der Waals surface area contributed by atoms with Gasteiger partial charge in [-0.15, -0.1) is 0 Å². The summed E-state index contributed by atoms with van der Waals surface area (Å²) >= 11 is 0. The van der Waals surface area contributed by atoms with Gasteiger partial charge < -0.3 is 10.0 Å². The topological polar surface area (TPSA) is 107 Å². The maximum Gasteiger partial charge on any atom is 0.338 e. The van der Waals surface area contributed by atoms with Gasteiger partial charge >= 0.3 is 5.97 Å². The van der Waals surface area contributed by atoms with Gasteiger partial charge in [0, 0.05) is 24.7 Å². The van der Waals surface area contributed by atoms with Crippen LogP contribution < -0.4 is 4.90 Å². The molecule has 0 bridgehead atoms. The lowest BCUT2D eigenvalue weighted by Gasteiger charge is -2.27. The molecule has 1 aromatic rings. The molecule has 0 aromatic heterocycles. The van der Waals surface area contributed by atoms with Gasteiger partial charge in [-0.25, -0.2) is 9.18 Å². The van der Waals surface area contributed by atoms with Crippen LogP contribution in [-0.4, -0.2) is 28.6 Å². The zero-order chi connectivity index (χ0) is 16.2. The van der Waals surface area contributed by atoms with E-state index in [0.717, 1.165) is 6.07 Å². The molecule has 7 nitrogen and oxygen atoms in total. The van der Waals surface area contributed by atoms with Crippen LogP contribution in [0, 0.1) is 27.3 Å². The van der Waals surface area contributed by atoms with E-state index in [1.807, 2.05) is 6.07 Å². The summed E-state index contributed by atoms with van der Waals surface area (Å²) in [5.74, 6) is -2.62. The average Bonchev–Trinajstić information content (AvgIpc) is 2.37. The Morgan fingerprint density at radius 3 is 2.62 bits per heavy atom. The fraction of sp³-hybridized carbons (Fsp3) is 0.385. The second-order valence-electron chi connectivity index (χ2n) is 4.58. The molecular formula is C13H14FN3O4. The number of carboxylic acids is 1. The number of carbonyl (C=O) groups is 1. The minimum absolute atomic E-state index is 0.0345. The number of rotatable bonds is 6. The number of benzene rings is 1. The molecular weight excluding hydrogens is 281 g/mol. The highest BCUT2D eigenvalue weighted by Crippen LogP contribution is 2.32. The van der Waals surface area contributed by atoms with Gasteiger partial charge in [0.15, 0.2) is 0 Å². The Balaban J connectivity index is 3.45. The Hall–Kier alpha value is -2.69. The van der Waals surface area contributed by atoms with Gasteiger partial charge in [-0.1, -0.05) is 0 Å². The van der Waals surface area contributed by atoms with Gasteiger partial charge in [0.2, 0.25) is 0 Å². The number of nitro benzene ring substituents is 1. The number of hydrogen-bond donors (Lipinski definition) is 1. The quantitative estimate of drug-likeness (QED) is 0.638. The molecule has 0 unspecified atom stereocenters. The number of nitriles is 1. The highest BCUT2D eigenvalue weighted by molar-refractivity contribution is 5.90. The zero-order valence-corrected chi connectivity index (χ0v) is 11.5. The normalized spacial score (nSPS) is 10.2. The van der Waals surface area contributed by atoms with Crippen LogP contribution in [0.1, 0.15) is 30.6 Å². The molecule has 0 radical (unpaired) electrons. The minimum atomic E-state index is -1.57. The number of nitro groups is 1. The summed E-state index contributed by atoms with van der Waals surface area (Å²) in [5, 5.41) is 28.6. The number of aromatic carboxylic acids is 1. The van der Waals surface area contributed by atoms with Crippen molar-refractivity contribution < 1.29 is 19.2 Å². The van der Waals surface area contributed by atoms with Gasteiger partial charge in [-0.3, -0.25) is 10.1 Å². The summed E-state index contributed by atoms with van der Waals surface area (Å²) in [6.45, 7) is 3.66. The predicted octanol–water partition coefficient (Wildman–Crippen LogP) is 2.56. The highest BCUT2D eigenvalue weighted by atomic mass is 19.1. The number of anilines is 1. The standard InChI is InChI=1S/C13H14FN3O4/c1-8(2)16(5-3-4-15)11-7-10(14)9(13(18)19)6-12(11)17(20)21/h6-8H,3,5H2,1-2H3,(H,18,19). The van der Waals surface area contributed by atoms with Crippen LogP contribution in [-0.2, 0) is 0 Å². The van der Waals surface area contributed by atoms with Gasteiger partial charge in [0.05, 0.1) is 17.4 Å². The van der Waals surface area contributed by atoms with Crippen LogP contribution in [0.15, 0.2) is 12.1 Å². The summed E-state index contributed by atoms with van der Waals surface area (Å²) < 4.78 is 13.8. The maximum absolute atomic E-state index is 13.8. The number of halogens is 1. The van der Waals surface area contributed by atoms with Crippen molar-refractivity contribution in [1.29, 1.82) is 5.26 Å². The molecule has 8 heteroatoms. The Morgan fingerprint density at radius 1 is 1.57 bits per heavy atom. The zero-order valence-electron chi connectivity index (χ0n) is 11.5. The fourth-order valence-electron chi connectivity index (χ4n) is 1.92. The van der Waals surface area contributed by atoms with Crippen LogP contribution in [0.2, 0.25) is 0 Å². The Kier molecular flexibility index (Phi) is 5.18. The molecule has 0 spiro atoms. The van der Waals surface area contributed by atoms with Crippen molar-refractivity contribution in [3.8, 4) is 6.07 Å². The first kappa shape index (κ1) is 16.4. The van der Waals surface area contributed by atoms with Crippen molar-refractivity contribution in [2.75, 3.05) is 11.4 Å². The molecule has 1 aromatic carbocycles. The first-order valence-electron chi connectivity index (χ1n) is 6.14. The molecule has 1 rings (SSSR count). The predicted molar refractivity (Wildman–Crippen MR) is 72.7 cm³/mol. The lowest BCUT2D eigenvalue weighted by Crippen LogP contribution is -2.32. The SMILES string of the molecule is CC(C)N(CCC#N)c1cc(F)c(C(=O)O)cc1[N+](=O)[O-]. The van der Waals surface area contributed by atoms with E-state index in [1.165, 1.54) is 4.90 Å². The van der Waals surface area contributed by atoms with Crippen LogP contribution in [0.4, 0.5) is 15.8 Å². The molecule has 21 heavy (non-hydrogen) atoms. The lowest BCUT2D eigenvalue weighted by molar-refractivity contribution is -0.384. The average molecular weight is 295 g/mol. The third kappa shape index (κ3) is 3.66. The summed E-state index contributed by atoms with van der Waals surface area (Å²) in [6, 6.07) is 3.24. The fourth-order valence-corrected chi connectivity index (χ4v) is 1.92. The second kappa shape index (κ2) is 6.65. The van der Waals surface area contributed by atoms with Gasteiger partial charge in [-0.05, 0) is 13.8 Å². The Labute approximate surface area is 120 Å². The molecule has 0 aliphatic heterocycles. The molecule has 0 aliphatic carbocycles. The molecule has 0 aliphatic rings. The van der Waals surface area contributed by atoms with E-state index < -0.39 is 28.0 Å². The van der Waals surface area contributed by atoms with Crippen molar-refractivity contribution in [2.45, 2.75) is 26.3 Å². The Bertz CT molecular complexity index is 610. The summed E-state index contributed by atoms with van der Waals surface area (Å²) in [6.07, 6.45) is 0.109. The maximum atomic E-state index is 13.8. The van der Waals surface area contributed by atoms with E-state index >= 15 is 0 Å². The number of carboxylic acid groups (broad SMARTS) is 1. The van der Waals surface area contributed by atoms with E-state index in [4.69, 9.17) is 10.4 Å². The summed E-state index contributed by atoms with van der Waals surface area (Å²) in [5.41, 5.74) is -1.29. The van der Waals surface area contributed by atoms with Gasteiger partial charge in [0.1, 0.15) is 17.1 Å². The second-order valence-corrected chi connectivity index (χ2v) is 4.58. The molecule has 1 N–H and O–H groups in total. The molecule has 0 fully saturated rings. The molecule has 0 heterocycles. The summed E-state index contributed by atoms with van der Waals surface area (Å²) in [7, 11) is 0. The molecule has 0 saturated heterocycles. The highest BCUT2D eigenvalue weighted by Gasteiger charge is 2.26. The van der Waals surface area contributed by atoms with Crippen molar-refractivity contribution in [3.63, 3.8) is 0 Å². The Morgan fingerprint density at radius 2 is 2.19 bits per heavy atom. The van der Waals surface area contributed by atoms with E-state index in [9.17, 15) is 19.3 Å². The number of hydrogen-bond acceptors (Lipinski definition) is 5. The molecule has 0 amide bonds. The van der Waals surface area contributed by atoms with Crippen molar-refractivity contribution >= 4 is 17.3 Å². The van der Waals surface area contributed by atoms with Crippen molar-refractivity contribution in [1.82, 2.24) is 0 Å². The molecule has 112 valence electrons. The van der Waals surface area contributed by atoms with E-state index in [2.05, 4.69) is 0 Å². The van der Waals surface area contributed by atoms with E-state index in [-0.39, 0.29) is 24.7 Å².